The molecular formula is C17H20F3NO2. The molecule has 1 atom stereocenters. The lowest BCUT2D eigenvalue weighted by Crippen LogP contribution is -2.38. The van der Waals surface area contributed by atoms with Gasteiger partial charge < -0.3 is 5.11 Å². The molecule has 6 heteroatoms. The number of carbonyl (C=O) groups is 1. The molecule has 1 spiro atoms. The van der Waals surface area contributed by atoms with Crippen LogP contribution in [0.3, 0.4) is 0 Å². The van der Waals surface area contributed by atoms with Gasteiger partial charge in [-0.15, -0.1) is 0 Å². The van der Waals surface area contributed by atoms with Crippen molar-refractivity contribution in [3.63, 3.8) is 0 Å². The van der Waals surface area contributed by atoms with Gasteiger partial charge in [-0.25, -0.2) is 0 Å². The minimum Gasteiger partial charge on any atom is -0.373 e. The van der Waals surface area contributed by atoms with E-state index >= 15 is 0 Å². The summed E-state index contributed by atoms with van der Waals surface area (Å²) in [5.74, 6) is -0.0896. The van der Waals surface area contributed by atoms with E-state index in [4.69, 9.17) is 0 Å². The number of alkyl halides is 3. The summed E-state index contributed by atoms with van der Waals surface area (Å²) in [5.41, 5.74) is 0.133. The van der Waals surface area contributed by atoms with Gasteiger partial charge in [0.1, 0.15) is 6.23 Å². The van der Waals surface area contributed by atoms with Crippen LogP contribution in [0.2, 0.25) is 0 Å². The average molecular weight is 327 g/mol. The molecule has 23 heavy (non-hydrogen) atoms. The van der Waals surface area contributed by atoms with E-state index in [0.29, 0.717) is 12.1 Å². The highest BCUT2D eigenvalue weighted by atomic mass is 19.4. The number of hydrogen-bond donors (Lipinski definition) is 1. The lowest BCUT2D eigenvalue weighted by atomic mass is 9.73. The molecule has 3 nitrogen and oxygen atoms in total. The molecule has 1 aliphatic heterocycles. The second-order valence-corrected chi connectivity index (χ2v) is 6.66. The number of amides is 1. The standard InChI is InChI=1S/C17H20F3NO2/c18-17(19,20)10-12-4-6-13(7-5-12)21-14(22)11-16(15(21)23)8-2-1-3-9-16/h4-7,14,22H,1-3,8-11H2. The van der Waals surface area contributed by atoms with Crippen molar-refractivity contribution in [2.24, 2.45) is 5.41 Å². The van der Waals surface area contributed by atoms with Crippen molar-refractivity contribution in [2.45, 2.75) is 57.3 Å². The Morgan fingerprint density at radius 3 is 2.30 bits per heavy atom. The van der Waals surface area contributed by atoms with Crippen molar-refractivity contribution in [1.29, 1.82) is 0 Å². The molecule has 1 saturated heterocycles. The van der Waals surface area contributed by atoms with E-state index in [1.54, 1.807) is 0 Å². The predicted molar refractivity (Wildman–Crippen MR) is 79.8 cm³/mol. The van der Waals surface area contributed by atoms with E-state index < -0.39 is 24.2 Å². The Bertz CT molecular complexity index is 576. The number of aliphatic hydroxyl groups excluding tert-OH is 1. The number of rotatable bonds is 2. The molecule has 0 aromatic heterocycles. The van der Waals surface area contributed by atoms with Crippen LogP contribution in [0.15, 0.2) is 24.3 Å². The molecule has 2 fully saturated rings. The van der Waals surface area contributed by atoms with E-state index in [-0.39, 0.29) is 11.5 Å². The van der Waals surface area contributed by atoms with Crippen molar-refractivity contribution in [2.75, 3.05) is 4.90 Å². The van der Waals surface area contributed by atoms with Crippen LogP contribution in [0, 0.1) is 5.41 Å². The maximum absolute atomic E-state index is 12.8. The summed E-state index contributed by atoms with van der Waals surface area (Å²) < 4.78 is 37.2. The molecule has 1 heterocycles. The lowest BCUT2D eigenvalue weighted by Gasteiger charge is -2.31. The van der Waals surface area contributed by atoms with Crippen molar-refractivity contribution < 1.29 is 23.1 Å². The Morgan fingerprint density at radius 1 is 1.13 bits per heavy atom. The predicted octanol–water partition coefficient (Wildman–Crippen LogP) is 3.80. The van der Waals surface area contributed by atoms with Gasteiger partial charge in [-0.1, -0.05) is 31.4 Å². The van der Waals surface area contributed by atoms with Gasteiger partial charge in [0, 0.05) is 12.1 Å². The lowest BCUT2D eigenvalue weighted by molar-refractivity contribution is -0.128. The first kappa shape index (κ1) is 16.3. The second kappa shape index (κ2) is 5.82. The Kier molecular flexibility index (Phi) is 4.12. The van der Waals surface area contributed by atoms with Gasteiger partial charge in [-0.2, -0.15) is 13.2 Å². The first-order valence-corrected chi connectivity index (χ1v) is 7.98. The summed E-state index contributed by atoms with van der Waals surface area (Å²) in [5, 5.41) is 10.3. The SMILES string of the molecule is O=C1N(c2ccc(CC(F)(F)F)cc2)C(O)CC12CCCCC2. The highest BCUT2D eigenvalue weighted by Gasteiger charge is 2.51. The minimum absolute atomic E-state index is 0.0896. The fourth-order valence-electron chi connectivity index (χ4n) is 3.86. The van der Waals surface area contributed by atoms with Crippen LogP contribution in [-0.4, -0.2) is 23.4 Å². The van der Waals surface area contributed by atoms with Crippen LogP contribution in [-0.2, 0) is 11.2 Å². The van der Waals surface area contributed by atoms with Gasteiger partial charge in [0.2, 0.25) is 5.91 Å². The van der Waals surface area contributed by atoms with Crippen LogP contribution in [0.4, 0.5) is 18.9 Å². The van der Waals surface area contributed by atoms with E-state index in [2.05, 4.69) is 0 Å². The largest absolute Gasteiger partial charge is 0.393 e. The van der Waals surface area contributed by atoms with Gasteiger partial charge in [-0.05, 0) is 30.5 Å². The third-order valence-corrected chi connectivity index (χ3v) is 4.97. The van der Waals surface area contributed by atoms with Crippen LogP contribution in [0.25, 0.3) is 0 Å². The number of halogens is 3. The van der Waals surface area contributed by atoms with E-state index in [9.17, 15) is 23.1 Å². The van der Waals surface area contributed by atoms with E-state index in [0.717, 1.165) is 32.1 Å². The van der Waals surface area contributed by atoms with Gasteiger partial charge in [0.25, 0.3) is 0 Å². The fourth-order valence-corrected chi connectivity index (χ4v) is 3.86. The maximum atomic E-state index is 12.8. The molecule has 1 aliphatic carbocycles. The zero-order valence-corrected chi connectivity index (χ0v) is 12.8. The first-order valence-electron chi connectivity index (χ1n) is 7.98. The van der Waals surface area contributed by atoms with Gasteiger partial charge >= 0.3 is 6.18 Å². The highest BCUT2D eigenvalue weighted by Crippen LogP contribution is 2.47. The topological polar surface area (TPSA) is 40.5 Å². The van der Waals surface area contributed by atoms with Gasteiger partial charge in [0.05, 0.1) is 11.8 Å². The highest BCUT2D eigenvalue weighted by molar-refractivity contribution is 6.00. The smallest absolute Gasteiger partial charge is 0.373 e. The summed E-state index contributed by atoms with van der Waals surface area (Å²) >= 11 is 0. The number of carbonyl (C=O) groups excluding carboxylic acids is 1. The molecule has 3 rings (SSSR count). The normalized spacial score (nSPS) is 24.4. The molecule has 1 aromatic carbocycles. The summed E-state index contributed by atoms with van der Waals surface area (Å²) in [6.07, 6.45) is -1.09. The zero-order valence-electron chi connectivity index (χ0n) is 12.8. The van der Waals surface area contributed by atoms with Crippen molar-refractivity contribution >= 4 is 11.6 Å². The van der Waals surface area contributed by atoms with Crippen LogP contribution < -0.4 is 4.90 Å². The molecule has 1 aromatic rings. The second-order valence-electron chi connectivity index (χ2n) is 6.66. The minimum atomic E-state index is -4.25. The molecule has 0 bridgehead atoms. The molecule has 126 valence electrons. The molecule has 2 aliphatic rings. The number of benzene rings is 1. The summed E-state index contributed by atoms with van der Waals surface area (Å²) in [4.78, 5) is 14.1. The number of hydrogen-bond acceptors (Lipinski definition) is 2. The van der Waals surface area contributed by atoms with Crippen molar-refractivity contribution in [1.82, 2.24) is 0 Å². The number of aliphatic hydroxyl groups is 1. The van der Waals surface area contributed by atoms with E-state index in [1.807, 2.05) is 0 Å². The quantitative estimate of drug-likeness (QED) is 0.897. The van der Waals surface area contributed by atoms with Crippen molar-refractivity contribution in [3.05, 3.63) is 29.8 Å². The summed E-state index contributed by atoms with van der Waals surface area (Å²) in [7, 11) is 0. The summed E-state index contributed by atoms with van der Waals surface area (Å²) in [6, 6.07) is 5.72. The molecule has 1 unspecified atom stereocenters. The van der Waals surface area contributed by atoms with E-state index in [1.165, 1.54) is 29.2 Å². The number of anilines is 1. The van der Waals surface area contributed by atoms with Gasteiger partial charge in [-0.3, -0.25) is 9.69 Å². The Labute approximate surface area is 133 Å². The Hall–Kier alpha value is -1.56. The maximum Gasteiger partial charge on any atom is 0.393 e. The first-order chi connectivity index (χ1) is 10.8. The molecular weight excluding hydrogens is 307 g/mol. The van der Waals surface area contributed by atoms with Crippen LogP contribution in [0.1, 0.15) is 44.1 Å². The third kappa shape index (κ3) is 3.22. The zero-order chi connectivity index (χ0) is 16.7. The molecule has 1 amide bonds. The monoisotopic (exact) mass is 327 g/mol. The van der Waals surface area contributed by atoms with Crippen molar-refractivity contribution in [3.8, 4) is 0 Å². The Morgan fingerprint density at radius 2 is 1.74 bits per heavy atom. The third-order valence-electron chi connectivity index (χ3n) is 4.97. The number of nitrogens with zero attached hydrogens (tertiary/aromatic N) is 1. The summed E-state index contributed by atoms with van der Waals surface area (Å²) in [6.45, 7) is 0. The van der Waals surface area contributed by atoms with Crippen LogP contribution >= 0.6 is 0 Å². The van der Waals surface area contributed by atoms with Gasteiger partial charge in [0.15, 0.2) is 0 Å². The molecule has 1 saturated carbocycles. The fraction of sp³-hybridized carbons (Fsp3) is 0.588. The Balaban J connectivity index is 1.80. The molecule has 1 N–H and O–H groups in total. The average Bonchev–Trinajstić information content (AvgIpc) is 2.70. The molecule has 0 radical (unpaired) electrons. The van der Waals surface area contributed by atoms with Crippen LogP contribution in [0.5, 0.6) is 0 Å².